The molecule has 19 heavy (non-hydrogen) atoms. The van der Waals surface area contributed by atoms with E-state index in [0.717, 1.165) is 21.2 Å². The summed E-state index contributed by atoms with van der Waals surface area (Å²) in [6, 6.07) is 13.7. The molecule has 0 saturated heterocycles. The normalized spacial score (nSPS) is 10.8. The maximum absolute atomic E-state index is 11.2. The van der Waals surface area contributed by atoms with E-state index in [4.69, 9.17) is 0 Å². The summed E-state index contributed by atoms with van der Waals surface area (Å²) in [5.74, 6) is -0.885. The SMILES string of the molecule is Cc1ccc(-c2cc(C(=O)O)cc3sccc23)cc1. The number of benzene rings is 2. The minimum atomic E-state index is -0.885. The Bertz CT molecular complexity index is 754. The number of thiophene rings is 1. The quantitative estimate of drug-likeness (QED) is 0.739. The highest BCUT2D eigenvalue weighted by Gasteiger charge is 2.11. The van der Waals surface area contributed by atoms with E-state index in [-0.39, 0.29) is 0 Å². The van der Waals surface area contributed by atoms with E-state index in [0.29, 0.717) is 5.56 Å². The summed E-state index contributed by atoms with van der Waals surface area (Å²) in [5.41, 5.74) is 3.57. The molecule has 2 aromatic carbocycles. The molecular formula is C16H12O2S. The molecule has 0 spiro atoms. The molecule has 3 aromatic rings. The van der Waals surface area contributed by atoms with Crippen molar-refractivity contribution in [2.75, 3.05) is 0 Å². The van der Waals surface area contributed by atoms with Crippen LogP contribution in [0.5, 0.6) is 0 Å². The van der Waals surface area contributed by atoms with Crippen molar-refractivity contribution >= 4 is 27.4 Å². The molecule has 0 amide bonds. The lowest BCUT2D eigenvalue weighted by atomic mass is 9.98. The number of fused-ring (bicyclic) bond motifs is 1. The Kier molecular flexibility index (Phi) is 2.84. The van der Waals surface area contributed by atoms with Crippen LogP contribution in [-0.4, -0.2) is 11.1 Å². The number of carboxylic acids is 1. The molecule has 1 N–H and O–H groups in total. The molecule has 3 heteroatoms. The molecule has 2 nitrogen and oxygen atoms in total. The number of carbonyl (C=O) groups is 1. The van der Waals surface area contributed by atoms with E-state index in [1.165, 1.54) is 5.56 Å². The fraction of sp³-hybridized carbons (Fsp3) is 0.0625. The van der Waals surface area contributed by atoms with Crippen LogP contribution in [0, 0.1) is 6.92 Å². The Hall–Kier alpha value is -2.13. The van der Waals surface area contributed by atoms with E-state index in [9.17, 15) is 9.90 Å². The second-order valence-electron chi connectivity index (χ2n) is 4.53. The van der Waals surface area contributed by atoms with Gasteiger partial charge in [-0.05, 0) is 41.6 Å². The molecular weight excluding hydrogens is 256 g/mol. The van der Waals surface area contributed by atoms with Crippen molar-refractivity contribution in [3.05, 3.63) is 59.0 Å². The maximum Gasteiger partial charge on any atom is 0.335 e. The Morgan fingerprint density at radius 2 is 1.84 bits per heavy atom. The van der Waals surface area contributed by atoms with E-state index in [1.54, 1.807) is 23.5 Å². The zero-order chi connectivity index (χ0) is 13.4. The van der Waals surface area contributed by atoms with Crippen LogP contribution in [0.4, 0.5) is 0 Å². The largest absolute Gasteiger partial charge is 0.478 e. The van der Waals surface area contributed by atoms with Crippen LogP contribution < -0.4 is 0 Å². The lowest BCUT2D eigenvalue weighted by Crippen LogP contribution is -1.96. The third-order valence-corrected chi connectivity index (χ3v) is 4.05. The third kappa shape index (κ3) is 2.13. The molecule has 0 radical (unpaired) electrons. The van der Waals surface area contributed by atoms with E-state index >= 15 is 0 Å². The first-order valence-corrected chi connectivity index (χ1v) is 6.85. The summed E-state index contributed by atoms with van der Waals surface area (Å²) in [7, 11) is 0. The highest BCUT2D eigenvalue weighted by molar-refractivity contribution is 7.17. The number of hydrogen-bond acceptors (Lipinski definition) is 2. The molecule has 0 saturated carbocycles. The van der Waals surface area contributed by atoms with E-state index in [2.05, 4.69) is 0 Å². The molecule has 0 bridgehead atoms. The molecule has 1 heterocycles. The number of aromatic carboxylic acids is 1. The molecule has 0 aliphatic rings. The maximum atomic E-state index is 11.2. The van der Waals surface area contributed by atoms with Gasteiger partial charge in [0.05, 0.1) is 5.56 Å². The van der Waals surface area contributed by atoms with Crippen molar-refractivity contribution in [3.8, 4) is 11.1 Å². The molecule has 0 aliphatic heterocycles. The van der Waals surface area contributed by atoms with Gasteiger partial charge in [-0.1, -0.05) is 29.8 Å². The van der Waals surface area contributed by atoms with Gasteiger partial charge in [0.1, 0.15) is 0 Å². The molecule has 0 atom stereocenters. The van der Waals surface area contributed by atoms with Gasteiger partial charge in [0.2, 0.25) is 0 Å². The highest BCUT2D eigenvalue weighted by Crippen LogP contribution is 2.33. The fourth-order valence-electron chi connectivity index (χ4n) is 2.17. The van der Waals surface area contributed by atoms with Crippen LogP contribution in [0.25, 0.3) is 21.2 Å². The Morgan fingerprint density at radius 3 is 2.53 bits per heavy atom. The van der Waals surface area contributed by atoms with Gasteiger partial charge in [-0.2, -0.15) is 0 Å². The number of aryl methyl sites for hydroxylation is 1. The second kappa shape index (κ2) is 4.52. The zero-order valence-corrected chi connectivity index (χ0v) is 11.2. The van der Waals surface area contributed by atoms with Crippen LogP contribution in [0.3, 0.4) is 0 Å². The third-order valence-electron chi connectivity index (χ3n) is 3.18. The summed E-state index contributed by atoms with van der Waals surface area (Å²) in [5, 5.41) is 12.3. The predicted octanol–water partition coefficient (Wildman–Crippen LogP) is 4.57. The lowest BCUT2D eigenvalue weighted by molar-refractivity contribution is 0.0697. The molecule has 0 aliphatic carbocycles. The molecule has 94 valence electrons. The van der Waals surface area contributed by atoms with Crippen LogP contribution in [0.2, 0.25) is 0 Å². The predicted molar refractivity (Wildman–Crippen MR) is 79.0 cm³/mol. The molecule has 1 aromatic heterocycles. The smallest absolute Gasteiger partial charge is 0.335 e. The van der Waals surface area contributed by atoms with Crippen LogP contribution in [0.15, 0.2) is 47.8 Å². The van der Waals surface area contributed by atoms with Crippen molar-refractivity contribution in [1.29, 1.82) is 0 Å². The van der Waals surface area contributed by atoms with Gasteiger partial charge >= 0.3 is 5.97 Å². The average molecular weight is 268 g/mol. The second-order valence-corrected chi connectivity index (χ2v) is 5.48. The monoisotopic (exact) mass is 268 g/mol. The van der Waals surface area contributed by atoms with E-state index in [1.807, 2.05) is 42.6 Å². The summed E-state index contributed by atoms with van der Waals surface area (Å²) in [4.78, 5) is 11.2. The first-order valence-electron chi connectivity index (χ1n) is 5.97. The van der Waals surface area contributed by atoms with Crippen molar-refractivity contribution in [3.63, 3.8) is 0 Å². The van der Waals surface area contributed by atoms with Gasteiger partial charge in [0, 0.05) is 10.1 Å². The summed E-state index contributed by atoms with van der Waals surface area (Å²) >= 11 is 1.57. The van der Waals surface area contributed by atoms with Gasteiger partial charge in [-0.3, -0.25) is 0 Å². The Balaban J connectivity index is 2.29. The van der Waals surface area contributed by atoms with Crippen LogP contribution in [-0.2, 0) is 0 Å². The number of carboxylic acid groups (broad SMARTS) is 1. The fourth-order valence-corrected chi connectivity index (χ4v) is 3.02. The van der Waals surface area contributed by atoms with Gasteiger partial charge in [-0.15, -0.1) is 11.3 Å². The average Bonchev–Trinajstić information content (AvgIpc) is 2.86. The molecule has 0 unspecified atom stereocenters. The van der Waals surface area contributed by atoms with Gasteiger partial charge in [-0.25, -0.2) is 4.79 Å². The summed E-state index contributed by atoms with van der Waals surface area (Å²) in [6.45, 7) is 2.04. The topological polar surface area (TPSA) is 37.3 Å². The molecule has 0 fully saturated rings. The van der Waals surface area contributed by atoms with Crippen molar-refractivity contribution < 1.29 is 9.90 Å². The van der Waals surface area contributed by atoms with Crippen molar-refractivity contribution in [2.45, 2.75) is 6.92 Å². The first-order chi connectivity index (χ1) is 9.15. The minimum absolute atomic E-state index is 0.338. The number of hydrogen-bond donors (Lipinski definition) is 1. The first kappa shape index (κ1) is 11.9. The summed E-state index contributed by atoms with van der Waals surface area (Å²) < 4.78 is 1.01. The van der Waals surface area contributed by atoms with Gasteiger partial charge < -0.3 is 5.11 Å². The Morgan fingerprint density at radius 1 is 1.11 bits per heavy atom. The standard InChI is InChI=1S/C16H12O2S/c1-10-2-4-11(5-3-10)14-8-12(16(17)18)9-15-13(14)6-7-19-15/h2-9H,1H3,(H,17,18). The van der Waals surface area contributed by atoms with Gasteiger partial charge in [0.25, 0.3) is 0 Å². The van der Waals surface area contributed by atoms with Crippen molar-refractivity contribution in [2.24, 2.45) is 0 Å². The van der Waals surface area contributed by atoms with Crippen molar-refractivity contribution in [1.82, 2.24) is 0 Å². The minimum Gasteiger partial charge on any atom is -0.478 e. The van der Waals surface area contributed by atoms with Crippen LogP contribution >= 0.6 is 11.3 Å². The summed E-state index contributed by atoms with van der Waals surface area (Å²) in [6.07, 6.45) is 0. The highest BCUT2D eigenvalue weighted by atomic mass is 32.1. The lowest BCUT2D eigenvalue weighted by Gasteiger charge is -2.06. The molecule has 3 rings (SSSR count). The number of rotatable bonds is 2. The van der Waals surface area contributed by atoms with Crippen LogP contribution in [0.1, 0.15) is 15.9 Å². The van der Waals surface area contributed by atoms with Gasteiger partial charge in [0.15, 0.2) is 0 Å². The van der Waals surface area contributed by atoms with E-state index < -0.39 is 5.97 Å². The zero-order valence-electron chi connectivity index (χ0n) is 10.4. The Labute approximate surface area is 114 Å².